The maximum absolute atomic E-state index is 4.27. The molecule has 2 aliphatic rings. The fraction of sp³-hybridized carbons (Fsp3) is 0.833. The molecule has 2 aliphatic heterocycles. The average Bonchev–Trinajstić information content (AvgIpc) is 2.75. The third kappa shape index (κ3) is 1.75. The van der Waals surface area contributed by atoms with E-state index in [0.717, 1.165) is 5.69 Å². The molecule has 2 atom stereocenters. The third-order valence-electron chi connectivity index (χ3n) is 4.02. The Bertz CT molecular complexity index is 358. The molecule has 2 saturated heterocycles. The Balaban J connectivity index is 1.82. The summed E-state index contributed by atoms with van der Waals surface area (Å²) < 4.78 is 2.11. The summed E-state index contributed by atoms with van der Waals surface area (Å²) in [5.41, 5.74) is 1.04. The molecule has 0 amide bonds. The summed E-state index contributed by atoms with van der Waals surface area (Å²) in [5.74, 6) is 0. The fourth-order valence-electron chi connectivity index (χ4n) is 3.26. The van der Waals surface area contributed by atoms with Crippen molar-refractivity contribution in [3.8, 4) is 0 Å². The van der Waals surface area contributed by atoms with Crippen molar-refractivity contribution in [1.82, 2.24) is 19.9 Å². The van der Waals surface area contributed by atoms with Gasteiger partial charge in [-0.25, -0.2) is 4.68 Å². The predicted octanol–water partition coefficient (Wildman–Crippen LogP) is 1.78. The first kappa shape index (κ1) is 10.3. The Morgan fingerprint density at radius 2 is 1.94 bits per heavy atom. The molecule has 2 fully saturated rings. The number of hydrogen-bond acceptors (Lipinski definition) is 3. The Morgan fingerprint density at radius 1 is 1.12 bits per heavy atom. The summed E-state index contributed by atoms with van der Waals surface area (Å²) >= 11 is 0. The Morgan fingerprint density at radius 3 is 2.75 bits per heavy atom. The first-order valence-corrected chi connectivity index (χ1v) is 6.47. The minimum atomic E-state index is 0.565. The number of rotatable bonds is 1. The lowest BCUT2D eigenvalue weighted by Gasteiger charge is -2.44. The second-order valence-electron chi connectivity index (χ2n) is 5.15. The van der Waals surface area contributed by atoms with E-state index in [4.69, 9.17) is 0 Å². The molecule has 0 aliphatic carbocycles. The van der Waals surface area contributed by atoms with Gasteiger partial charge in [-0.15, -0.1) is 5.10 Å². The first-order valence-electron chi connectivity index (χ1n) is 6.47. The molecule has 0 radical (unpaired) electrons. The zero-order valence-electron chi connectivity index (χ0n) is 9.97. The van der Waals surface area contributed by atoms with E-state index in [1.165, 1.54) is 45.2 Å². The molecule has 1 unspecified atom stereocenters. The van der Waals surface area contributed by atoms with Crippen LogP contribution in [0.5, 0.6) is 0 Å². The monoisotopic (exact) mass is 220 g/mol. The van der Waals surface area contributed by atoms with Crippen molar-refractivity contribution in [2.45, 2.75) is 51.1 Å². The van der Waals surface area contributed by atoms with E-state index in [9.17, 15) is 0 Å². The van der Waals surface area contributed by atoms with Crippen molar-refractivity contribution < 1.29 is 0 Å². The van der Waals surface area contributed by atoms with Crippen molar-refractivity contribution in [1.29, 1.82) is 0 Å². The van der Waals surface area contributed by atoms with E-state index in [2.05, 4.69) is 26.1 Å². The minimum Gasteiger partial charge on any atom is -0.298 e. The van der Waals surface area contributed by atoms with Gasteiger partial charge in [-0.05, 0) is 45.7 Å². The molecule has 0 spiro atoms. The summed E-state index contributed by atoms with van der Waals surface area (Å²) in [4.78, 5) is 2.66. The zero-order valence-corrected chi connectivity index (χ0v) is 9.97. The molecule has 3 rings (SSSR count). The lowest BCUT2D eigenvalue weighted by Crippen LogP contribution is -2.48. The zero-order chi connectivity index (χ0) is 11.0. The minimum absolute atomic E-state index is 0.565. The highest BCUT2D eigenvalue weighted by molar-refractivity contribution is 4.94. The van der Waals surface area contributed by atoms with Gasteiger partial charge in [0.15, 0.2) is 0 Å². The van der Waals surface area contributed by atoms with Gasteiger partial charge >= 0.3 is 0 Å². The number of aromatic nitrogens is 3. The van der Waals surface area contributed by atoms with Gasteiger partial charge in [0, 0.05) is 12.2 Å². The van der Waals surface area contributed by atoms with Crippen molar-refractivity contribution in [3.63, 3.8) is 0 Å². The van der Waals surface area contributed by atoms with Gasteiger partial charge in [-0.1, -0.05) is 11.6 Å². The van der Waals surface area contributed by atoms with Crippen LogP contribution in [0.2, 0.25) is 0 Å². The van der Waals surface area contributed by atoms with Crippen molar-refractivity contribution in [2.75, 3.05) is 13.1 Å². The standard InChI is InChI=1S/C12H20N4/c1-10-9-16(14-13-10)12-6-4-8-15-7-3-2-5-11(12)15/h9,11-12H,2-8H2,1H3/t11-,12?/m1/s1. The number of hydrogen-bond donors (Lipinski definition) is 0. The molecule has 16 heavy (non-hydrogen) atoms. The lowest BCUT2D eigenvalue weighted by molar-refractivity contribution is 0.0587. The molecule has 4 nitrogen and oxygen atoms in total. The van der Waals surface area contributed by atoms with Gasteiger partial charge in [0.1, 0.15) is 0 Å². The highest BCUT2D eigenvalue weighted by atomic mass is 15.4. The number of aryl methyl sites for hydroxylation is 1. The van der Waals surface area contributed by atoms with Crippen LogP contribution in [0.25, 0.3) is 0 Å². The van der Waals surface area contributed by atoms with Gasteiger partial charge < -0.3 is 0 Å². The van der Waals surface area contributed by atoms with Crippen LogP contribution in [0.4, 0.5) is 0 Å². The van der Waals surface area contributed by atoms with Gasteiger partial charge in [0.05, 0.1) is 11.7 Å². The maximum Gasteiger partial charge on any atom is 0.0796 e. The van der Waals surface area contributed by atoms with Gasteiger partial charge in [0.25, 0.3) is 0 Å². The molecule has 0 saturated carbocycles. The second kappa shape index (κ2) is 4.17. The summed E-state index contributed by atoms with van der Waals surface area (Å²) in [5, 5.41) is 8.39. The first-order chi connectivity index (χ1) is 7.84. The van der Waals surface area contributed by atoms with Crippen LogP contribution in [-0.2, 0) is 0 Å². The molecule has 0 bridgehead atoms. The Labute approximate surface area is 96.6 Å². The highest BCUT2D eigenvalue weighted by Crippen LogP contribution is 2.33. The average molecular weight is 220 g/mol. The topological polar surface area (TPSA) is 34.0 Å². The van der Waals surface area contributed by atoms with Crippen molar-refractivity contribution in [3.05, 3.63) is 11.9 Å². The van der Waals surface area contributed by atoms with E-state index in [0.29, 0.717) is 12.1 Å². The van der Waals surface area contributed by atoms with Crippen LogP contribution in [0.15, 0.2) is 6.20 Å². The number of nitrogens with zero attached hydrogens (tertiary/aromatic N) is 4. The van der Waals surface area contributed by atoms with Crippen LogP contribution in [-0.4, -0.2) is 39.0 Å². The molecule has 0 N–H and O–H groups in total. The Kier molecular flexibility index (Phi) is 2.67. The fourth-order valence-corrected chi connectivity index (χ4v) is 3.26. The van der Waals surface area contributed by atoms with E-state index < -0.39 is 0 Å². The van der Waals surface area contributed by atoms with E-state index in [1.54, 1.807) is 0 Å². The van der Waals surface area contributed by atoms with Crippen LogP contribution >= 0.6 is 0 Å². The largest absolute Gasteiger partial charge is 0.298 e. The summed E-state index contributed by atoms with van der Waals surface area (Å²) in [6, 6.07) is 1.28. The quantitative estimate of drug-likeness (QED) is 0.723. The van der Waals surface area contributed by atoms with Crippen LogP contribution in [0.1, 0.15) is 43.8 Å². The molecule has 1 aromatic heterocycles. The van der Waals surface area contributed by atoms with E-state index in [-0.39, 0.29) is 0 Å². The summed E-state index contributed by atoms with van der Waals surface area (Å²) in [7, 11) is 0. The van der Waals surface area contributed by atoms with Crippen LogP contribution in [0.3, 0.4) is 0 Å². The van der Waals surface area contributed by atoms with Crippen molar-refractivity contribution >= 4 is 0 Å². The predicted molar refractivity (Wildman–Crippen MR) is 62.2 cm³/mol. The lowest BCUT2D eigenvalue weighted by atomic mass is 9.89. The molecular weight excluding hydrogens is 200 g/mol. The molecule has 4 heteroatoms. The summed E-state index contributed by atoms with van der Waals surface area (Å²) in [6.07, 6.45) is 8.77. The third-order valence-corrected chi connectivity index (χ3v) is 4.02. The van der Waals surface area contributed by atoms with Crippen LogP contribution < -0.4 is 0 Å². The SMILES string of the molecule is Cc1cn(C2CCCN3CCCC[C@H]23)nn1. The van der Waals surface area contributed by atoms with Gasteiger partial charge in [-0.3, -0.25) is 4.90 Å². The second-order valence-corrected chi connectivity index (χ2v) is 5.15. The number of piperidine rings is 2. The van der Waals surface area contributed by atoms with Gasteiger partial charge in [0.2, 0.25) is 0 Å². The maximum atomic E-state index is 4.27. The normalized spacial score (nSPS) is 31.3. The van der Waals surface area contributed by atoms with E-state index in [1.807, 2.05) is 6.92 Å². The molecular formula is C12H20N4. The molecule has 3 heterocycles. The summed E-state index contributed by atoms with van der Waals surface area (Å²) in [6.45, 7) is 4.59. The van der Waals surface area contributed by atoms with Crippen molar-refractivity contribution in [2.24, 2.45) is 0 Å². The Hall–Kier alpha value is -0.900. The molecule has 0 aromatic carbocycles. The van der Waals surface area contributed by atoms with Crippen LogP contribution in [0, 0.1) is 6.92 Å². The molecule has 88 valence electrons. The molecule has 1 aromatic rings. The number of fused-ring (bicyclic) bond motifs is 1. The highest BCUT2D eigenvalue weighted by Gasteiger charge is 2.34. The van der Waals surface area contributed by atoms with E-state index >= 15 is 0 Å². The smallest absolute Gasteiger partial charge is 0.0796 e. The van der Waals surface area contributed by atoms with Gasteiger partial charge in [-0.2, -0.15) is 0 Å².